The Hall–Kier alpha value is -2.95. The van der Waals surface area contributed by atoms with Crippen molar-refractivity contribution in [1.29, 1.82) is 0 Å². The van der Waals surface area contributed by atoms with Gasteiger partial charge in [-0.3, -0.25) is 14.4 Å². The van der Waals surface area contributed by atoms with Crippen molar-refractivity contribution in [2.75, 3.05) is 0 Å². The molecule has 1 fully saturated rings. The molecular formula is C23H26N2O3. The fourth-order valence-corrected chi connectivity index (χ4v) is 4.02. The zero-order valence-corrected chi connectivity index (χ0v) is 16.1. The topological polar surface area (TPSA) is 89.3 Å². The molecule has 1 saturated carbocycles. The lowest BCUT2D eigenvalue weighted by atomic mass is 9.74. The average Bonchev–Trinajstić information content (AvgIpc) is 2.72. The highest BCUT2D eigenvalue weighted by molar-refractivity contribution is 5.95. The summed E-state index contributed by atoms with van der Waals surface area (Å²) < 4.78 is 0. The lowest BCUT2D eigenvalue weighted by Crippen LogP contribution is -2.55. The number of carbonyl (C=O) groups excluding carboxylic acids is 3. The quantitative estimate of drug-likeness (QED) is 0.810. The van der Waals surface area contributed by atoms with Gasteiger partial charge in [-0.2, -0.15) is 0 Å². The van der Waals surface area contributed by atoms with E-state index in [1.165, 1.54) is 0 Å². The third kappa shape index (κ3) is 3.98. The first-order valence-electron chi connectivity index (χ1n) is 9.66. The van der Waals surface area contributed by atoms with E-state index in [4.69, 9.17) is 5.73 Å². The molecule has 3 N–H and O–H groups in total. The molecule has 2 aromatic carbocycles. The zero-order chi connectivity index (χ0) is 20.1. The van der Waals surface area contributed by atoms with E-state index in [0.29, 0.717) is 12.8 Å². The first-order chi connectivity index (χ1) is 13.4. The highest BCUT2D eigenvalue weighted by Gasteiger charge is 2.40. The summed E-state index contributed by atoms with van der Waals surface area (Å²) in [6.45, 7) is 1.84. The summed E-state index contributed by atoms with van der Waals surface area (Å²) in [5.41, 5.74) is 6.27. The second-order valence-corrected chi connectivity index (χ2v) is 7.61. The number of amides is 2. The van der Waals surface area contributed by atoms with Crippen molar-refractivity contribution >= 4 is 17.6 Å². The van der Waals surface area contributed by atoms with Crippen molar-refractivity contribution in [3.63, 3.8) is 0 Å². The summed E-state index contributed by atoms with van der Waals surface area (Å²) in [6.07, 6.45) is 2.23. The number of nitrogens with one attached hydrogen (secondary N) is 1. The van der Waals surface area contributed by atoms with Crippen LogP contribution < -0.4 is 11.1 Å². The van der Waals surface area contributed by atoms with Gasteiger partial charge in [-0.15, -0.1) is 0 Å². The van der Waals surface area contributed by atoms with Gasteiger partial charge in [-0.1, -0.05) is 60.7 Å². The summed E-state index contributed by atoms with van der Waals surface area (Å²) in [6, 6.07) is 18.1. The Kier molecular flexibility index (Phi) is 5.93. The normalized spacial score (nSPS) is 18.3. The van der Waals surface area contributed by atoms with Crippen LogP contribution in [0.2, 0.25) is 0 Å². The number of nitrogens with two attached hydrogens (primary N) is 1. The van der Waals surface area contributed by atoms with E-state index in [9.17, 15) is 14.4 Å². The predicted molar refractivity (Wildman–Crippen MR) is 107 cm³/mol. The summed E-state index contributed by atoms with van der Waals surface area (Å²) in [5.74, 6) is -1.03. The lowest BCUT2D eigenvalue weighted by molar-refractivity contribution is -0.132. The Morgan fingerprint density at radius 3 is 2.04 bits per heavy atom. The molecule has 0 bridgehead atoms. The summed E-state index contributed by atoms with van der Waals surface area (Å²) in [7, 11) is 0. The molecule has 5 heteroatoms. The fourth-order valence-electron chi connectivity index (χ4n) is 4.02. The Labute approximate surface area is 165 Å². The molecule has 0 aliphatic heterocycles. The van der Waals surface area contributed by atoms with Crippen molar-refractivity contribution in [2.45, 2.75) is 44.1 Å². The maximum absolute atomic E-state index is 13.5. The number of benzene rings is 2. The molecule has 3 rings (SSSR count). The van der Waals surface area contributed by atoms with Crippen LogP contribution in [-0.2, 0) is 19.8 Å². The van der Waals surface area contributed by atoms with E-state index in [-0.39, 0.29) is 24.0 Å². The minimum Gasteiger partial charge on any atom is -0.368 e. The van der Waals surface area contributed by atoms with Crippen molar-refractivity contribution in [3.05, 3.63) is 71.8 Å². The summed E-state index contributed by atoms with van der Waals surface area (Å²) >= 11 is 0. The number of primary amides is 1. The number of ketones is 1. The number of hydrogen-bond acceptors (Lipinski definition) is 3. The summed E-state index contributed by atoms with van der Waals surface area (Å²) in [4.78, 5) is 37.5. The monoisotopic (exact) mass is 378 g/mol. The van der Waals surface area contributed by atoms with Gasteiger partial charge < -0.3 is 11.1 Å². The minimum absolute atomic E-state index is 0.116. The van der Waals surface area contributed by atoms with Crippen LogP contribution in [-0.4, -0.2) is 23.6 Å². The molecule has 0 saturated heterocycles. The largest absolute Gasteiger partial charge is 0.368 e. The maximum atomic E-state index is 13.5. The molecule has 146 valence electrons. The van der Waals surface area contributed by atoms with Crippen LogP contribution in [0.1, 0.15) is 43.7 Å². The van der Waals surface area contributed by atoms with Crippen LogP contribution in [0.25, 0.3) is 0 Å². The Balaban J connectivity index is 1.95. The van der Waals surface area contributed by atoms with Gasteiger partial charge in [-0.05, 0) is 36.8 Å². The summed E-state index contributed by atoms with van der Waals surface area (Å²) in [5, 5.41) is 2.88. The molecule has 0 unspecified atom stereocenters. The van der Waals surface area contributed by atoms with E-state index in [1.807, 2.05) is 67.6 Å². The lowest BCUT2D eigenvalue weighted by Gasteiger charge is -2.34. The standard InChI is InChI=1S/C23H26N2O3/c1-23(17-10-4-2-5-11-17,18-12-6-3-7-13-18)22(28)25-20(21(24)27)16-9-8-14-19(26)15-16/h2-7,10-13,16,20H,8-9,14-15H2,1H3,(H2,24,27)(H,25,28)/t16-,20-/m0/s1. The molecule has 0 radical (unpaired) electrons. The Morgan fingerprint density at radius 1 is 1.04 bits per heavy atom. The van der Waals surface area contributed by atoms with Crippen molar-refractivity contribution in [1.82, 2.24) is 5.32 Å². The van der Waals surface area contributed by atoms with E-state index in [0.717, 1.165) is 17.5 Å². The molecule has 0 heterocycles. The van der Waals surface area contributed by atoms with Crippen LogP contribution in [0.4, 0.5) is 0 Å². The van der Waals surface area contributed by atoms with Gasteiger partial charge in [0, 0.05) is 12.8 Å². The molecule has 2 aromatic rings. The van der Waals surface area contributed by atoms with Crippen LogP contribution >= 0.6 is 0 Å². The molecule has 2 amide bonds. The van der Waals surface area contributed by atoms with Crippen molar-refractivity contribution < 1.29 is 14.4 Å². The number of hydrogen-bond donors (Lipinski definition) is 2. The average molecular weight is 378 g/mol. The van der Waals surface area contributed by atoms with E-state index >= 15 is 0 Å². The van der Waals surface area contributed by atoms with Crippen LogP contribution in [0.3, 0.4) is 0 Å². The van der Waals surface area contributed by atoms with Crippen molar-refractivity contribution in [3.8, 4) is 0 Å². The first-order valence-corrected chi connectivity index (χ1v) is 9.66. The van der Waals surface area contributed by atoms with Crippen LogP contribution in [0, 0.1) is 5.92 Å². The van der Waals surface area contributed by atoms with Gasteiger partial charge in [0.15, 0.2) is 0 Å². The van der Waals surface area contributed by atoms with Gasteiger partial charge in [0.25, 0.3) is 0 Å². The van der Waals surface area contributed by atoms with Crippen LogP contribution in [0.5, 0.6) is 0 Å². The van der Waals surface area contributed by atoms with Crippen molar-refractivity contribution in [2.24, 2.45) is 11.7 Å². The van der Waals surface area contributed by atoms with Crippen LogP contribution in [0.15, 0.2) is 60.7 Å². The smallest absolute Gasteiger partial charge is 0.240 e. The molecule has 5 nitrogen and oxygen atoms in total. The number of rotatable bonds is 6. The second-order valence-electron chi connectivity index (χ2n) is 7.61. The zero-order valence-electron chi connectivity index (χ0n) is 16.1. The Morgan fingerprint density at radius 2 is 1.57 bits per heavy atom. The van der Waals surface area contributed by atoms with Gasteiger partial charge in [-0.25, -0.2) is 0 Å². The molecule has 0 spiro atoms. The van der Waals surface area contributed by atoms with Gasteiger partial charge in [0.2, 0.25) is 11.8 Å². The second kappa shape index (κ2) is 8.38. The maximum Gasteiger partial charge on any atom is 0.240 e. The molecule has 0 aromatic heterocycles. The highest BCUT2D eigenvalue weighted by Crippen LogP contribution is 2.33. The molecule has 2 atom stereocenters. The fraction of sp³-hybridized carbons (Fsp3) is 0.348. The SMILES string of the molecule is CC(C(=O)N[C@H](C(N)=O)[C@H]1CCCC(=O)C1)(c1ccccc1)c1ccccc1. The van der Waals surface area contributed by atoms with Gasteiger partial charge >= 0.3 is 0 Å². The van der Waals surface area contributed by atoms with Gasteiger partial charge in [0.05, 0.1) is 5.41 Å². The third-order valence-electron chi connectivity index (χ3n) is 5.74. The van der Waals surface area contributed by atoms with E-state index in [1.54, 1.807) is 0 Å². The van der Waals surface area contributed by atoms with E-state index in [2.05, 4.69) is 5.32 Å². The van der Waals surface area contributed by atoms with Gasteiger partial charge in [0.1, 0.15) is 11.8 Å². The Bertz CT molecular complexity index is 809. The predicted octanol–water partition coefficient (Wildman–Crippen LogP) is 2.72. The molecule has 1 aliphatic rings. The third-order valence-corrected chi connectivity index (χ3v) is 5.74. The number of carbonyl (C=O) groups is 3. The molecule has 1 aliphatic carbocycles. The molecule has 28 heavy (non-hydrogen) atoms. The minimum atomic E-state index is -0.991. The first kappa shape index (κ1) is 19.8. The van der Waals surface area contributed by atoms with E-state index < -0.39 is 17.4 Å². The molecular weight excluding hydrogens is 352 g/mol. The highest BCUT2D eigenvalue weighted by atomic mass is 16.2. The number of Topliss-reactive ketones (excluding diaryl/α,β-unsaturated/α-hetero) is 1.